The van der Waals surface area contributed by atoms with E-state index in [0.29, 0.717) is 5.69 Å². The number of thioether (sulfide) groups is 1. The molecule has 0 heterocycles. The van der Waals surface area contributed by atoms with Gasteiger partial charge in [-0.3, -0.25) is 10.2 Å². The second-order valence-electron chi connectivity index (χ2n) is 3.30. The number of benzene rings is 1. The smallest absolute Gasteiger partial charge is 0.234 e. The van der Waals surface area contributed by atoms with Crippen LogP contribution < -0.4 is 16.8 Å². The monoisotopic (exact) mass is 303 g/mol. The zero-order valence-electron chi connectivity index (χ0n) is 9.61. The van der Waals surface area contributed by atoms with Crippen molar-refractivity contribution in [1.29, 1.82) is 5.41 Å². The van der Waals surface area contributed by atoms with Crippen molar-refractivity contribution in [3.05, 3.63) is 29.0 Å². The highest BCUT2D eigenvalue weighted by atomic mass is 35.5. The third-order valence-electron chi connectivity index (χ3n) is 1.78. The number of anilines is 1. The standard InChI is InChI=1S/C10H11ClFN5OS/c11-6-3-5(12)1-2-7(6)16-8(18)4-19-10(15)17-9(13)14/h1-3H,4H2,(H,16,18)(H5,13,14,15,17). The first-order chi connectivity index (χ1) is 8.88. The lowest BCUT2D eigenvalue weighted by molar-refractivity contribution is -0.113. The van der Waals surface area contributed by atoms with Crippen molar-refractivity contribution in [2.75, 3.05) is 11.1 Å². The lowest BCUT2D eigenvalue weighted by Crippen LogP contribution is -2.24. The number of rotatable bonds is 3. The van der Waals surface area contributed by atoms with Crippen LogP contribution in [0.1, 0.15) is 0 Å². The van der Waals surface area contributed by atoms with Gasteiger partial charge in [0.25, 0.3) is 0 Å². The minimum Gasteiger partial charge on any atom is -0.370 e. The van der Waals surface area contributed by atoms with Gasteiger partial charge < -0.3 is 16.8 Å². The normalized spacial score (nSPS) is 9.79. The molecule has 1 aromatic rings. The molecule has 1 rings (SSSR count). The highest BCUT2D eigenvalue weighted by molar-refractivity contribution is 8.14. The lowest BCUT2D eigenvalue weighted by atomic mass is 10.3. The Morgan fingerprint density at radius 2 is 2.21 bits per heavy atom. The van der Waals surface area contributed by atoms with Crippen LogP contribution >= 0.6 is 23.4 Å². The number of amides is 1. The highest BCUT2D eigenvalue weighted by Crippen LogP contribution is 2.22. The molecule has 0 saturated heterocycles. The van der Waals surface area contributed by atoms with Crippen LogP contribution in [0.5, 0.6) is 0 Å². The third kappa shape index (κ3) is 5.58. The van der Waals surface area contributed by atoms with Gasteiger partial charge in [-0.1, -0.05) is 23.4 Å². The molecule has 0 fully saturated rings. The maximum Gasteiger partial charge on any atom is 0.234 e. The number of amidine groups is 1. The maximum absolute atomic E-state index is 12.8. The van der Waals surface area contributed by atoms with E-state index in [-0.39, 0.29) is 21.9 Å². The van der Waals surface area contributed by atoms with Gasteiger partial charge in [0.05, 0.1) is 16.5 Å². The maximum atomic E-state index is 12.8. The van der Waals surface area contributed by atoms with E-state index < -0.39 is 11.7 Å². The highest BCUT2D eigenvalue weighted by Gasteiger charge is 2.08. The molecule has 0 radical (unpaired) electrons. The number of nitrogens with two attached hydrogens (primary N) is 2. The van der Waals surface area contributed by atoms with Crippen LogP contribution in [-0.4, -0.2) is 22.8 Å². The number of nitrogens with zero attached hydrogens (tertiary/aromatic N) is 1. The molecule has 0 aliphatic rings. The molecule has 0 atom stereocenters. The number of hydrogen-bond acceptors (Lipinski definition) is 3. The fraction of sp³-hybridized carbons (Fsp3) is 0.100. The Morgan fingerprint density at radius 3 is 2.79 bits per heavy atom. The summed E-state index contributed by atoms with van der Waals surface area (Å²) in [6.45, 7) is 0. The fourth-order valence-electron chi connectivity index (χ4n) is 1.06. The Bertz CT molecular complexity index is 533. The van der Waals surface area contributed by atoms with Gasteiger partial charge in [-0.25, -0.2) is 4.39 Å². The average molecular weight is 304 g/mol. The predicted octanol–water partition coefficient (Wildman–Crippen LogP) is 1.36. The van der Waals surface area contributed by atoms with Crippen molar-refractivity contribution < 1.29 is 9.18 Å². The number of carbonyl (C=O) groups is 1. The van der Waals surface area contributed by atoms with E-state index in [0.717, 1.165) is 17.8 Å². The number of hydrogen-bond donors (Lipinski definition) is 4. The molecule has 19 heavy (non-hydrogen) atoms. The molecule has 1 aromatic carbocycles. The number of nitrogens with one attached hydrogen (secondary N) is 2. The molecule has 0 spiro atoms. The molecule has 9 heteroatoms. The lowest BCUT2D eigenvalue weighted by Gasteiger charge is -2.06. The van der Waals surface area contributed by atoms with Gasteiger partial charge >= 0.3 is 0 Å². The summed E-state index contributed by atoms with van der Waals surface area (Å²) in [5.41, 5.74) is 10.4. The molecular formula is C10H11ClFN5OS. The molecule has 0 bridgehead atoms. The Kier molecular flexibility index (Phi) is 5.58. The molecule has 0 aliphatic carbocycles. The summed E-state index contributed by atoms with van der Waals surface area (Å²) in [6.07, 6.45) is 0. The van der Waals surface area contributed by atoms with Crippen LogP contribution in [0.3, 0.4) is 0 Å². The van der Waals surface area contributed by atoms with Gasteiger partial charge in [0.2, 0.25) is 5.91 Å². The molecule has 0 aliphatic heterocycles. The van der Waals surface area contributed by atoms with Gasteiger partial charge in [0.1, 0.15) is 5.82 Å². The van der Waals surface area contributed by atoms with Gasteiger partial charge in [-0.2, -0.15) is 4.99 Å². The fourth-order valence-corrected chi connectivity index (χ4v) is 1.78. The van der Waals surface area contributed by atoms with Crippen molar-refractivity contribution in [3.8, 4) is 0 Å². The first kappa shape index (κ1) is 15.3. The van der Waals surface area contributed by atoms with Crippen LogP contribution in [-0.2, 0) is 4.79 Å². The van der Waals surface area contributed by atoms with E-state index >= 15 is 0 Å². The molecular weight excluding hydrogens is 293 g/mol. The average Bonchev–Trinajstić information content (AvgIpc) is 2.29. The summed E-state index contributed by atoms with van der Waals surface area (Å²) >= 11 is 6.59. The van der Waals surface area contributed by atoms with Crippen molar-refractivity contribution in [2.45, 2.75) is 0 Å². The van der Waals surface area contributed by atoms with Gasteiger partial charge in [0, 0.05) is 0 Å². The Hall–Kier alpha value is -1.80. The van der Waals surface area contributed by atoms with E-state index in [9.17, 15) is 9.18 Å². The number of guanidine groups is 1. The Balaban J connectivity index is 2.52. The summed E-state index contributed by atoms with van der Waals surface area (Å²) in [4.78, 5) is 15.0. The number of halogens is 2. The second-order valence-corrected chi connectivity index (χ2v) is 4.67. The summed E-state index contributed by atoms with van der Waals surface area (Å²) in [5.74, 6) is -1.22. The summed E-state index contributed by atoms with van der Waals surface area (Å²) in [6, 6.07) is 3.61. The Labute approximate surface area is 117 Å². The van der Waals surface area contributed by atoms with Crippen molar-refractivity contribution in [3.63, 3.8) is 0 Å². The largest absolute Gasteiger partial charge is 0.370 e. The zero-order chi connectivity index (χ0) is 14.4. The van der Waals surface area contributed by atoms with E-state index in [1.165, 1.54) is 12.1 Å². The van der Waals surface area contributed by atoms with E-state index in [2.05, 4.69) is 10.3 Å². The van der Waals surface area contributed by atoms with Crippen LogP contribution in [0.2, 0.25) is 5.02 Å². The van der Waals surface area contributed by atoms with Crippen LogP contribution in [0.25, 0.3) is 0 Å². The predicted molar refractivity (Wildman–Crippen MR) is 76.0 cm³/mol. The van der Waals surface area contributed by atoms with Gasteiger partial charge in [0.15, 0.2) is 11.1 Å². The molecule has 6 N–H and O–H groups in total. The van der Waals surface area contributed by atoms with E-state index in [1.807, 2.05) is 0 Å². The topological polar surface area (TPSA) is 117 Å². The SMILES string of the molecule is N=C(N=C(N)N)SCC(=O)Nc1ccc(F)cc1Cl. The molecule has 0 unspecified atom stereocenters. The van der Waals surface area contributed by atoms with Crippen molar-refractivity contribution in [2.24, 2.45) is 16.5 Å². The minimum atomic E-state index is -0.494. The Morgan fingerprint density at radius 1 is 1.53 bits per heavy atom. The van der Waals surface area contributed by atoms with Crippen LogP contribution in [0.15, 0.2) is 23.2 Å². The second kappa shape index (κ2) is 6.95. The summed E-state index contributed by atoms with van der Waals surface area (Å²) < 4.78 is 12.8. The molecule has 0 aromatic heterocycles. The summed E-state index contributed by atoms with van der Waals surface area (Å²) in [5, 5.41) is 9.72. The molecule has 102 valence electrons. The summed E-state index contributed by atoms with van der Waals surface area (Å²) in [7, 11) is 0. The number of aliphatic imine (C=N–C) groups is 1. The first-order valence-corrected chi connectivity index (χ1v) is 6.30. The van der Waals surface area contributed by atoms with E-state index in [1.54, 1.807) is 0 Å². The van der Waals surface area contributed by atoms with Crippen LogP contribution in [0.4, 0.5) is 10.1 Å². The minimum absolute atomic E-state index is 0.0662. The molecule has 6 nitrogen and oxygen atoms in total. The molecule has 1 amide bonds. The first-order valence-electron chi connectivity index (χ1n) is 4.94. The van der Waals surface area contributed by atoms with E-state index in [4.69, 9.17) is 28.5 Å². The zero-order valence-corrected chi connectivity index (χ0v) is 11.2. The quantitative estimate of drug-likeness (QED) is 0.498. The third-order valence-corrected chi connectivity index (χ3v) is 2.86. The molecule has 0 saturated carbocycles. The van der Waals surface area contributed by atoms with Crippen molar-refractivity contribution in [1.82, 2.24) is 0 Å². The van der Waals surface area contributed by atoms with Crippen molar-refractivity contribution >= 4 is 46.1 Å². The van der Waals surface area contributed by atoms with Crippen LogP contribution in [0, 0.1) is 11.2 Å². The van der Waals surface area contributed by atoms with Gasteiger partial charge in [-0.15, -0.1) is 0 Å². The number of carbonyl (C=O) groups excluding carboxylic acids is 1. The van der Waals surface area contributed by atoms with Gasteiger partial charge in [-0.05, 0) is 18.2 Å².